The third-order valence-electron chi connectivity index (χ3n) is 5.95. The fourth-order valence-corrected chi connectivity index (χ4v) is 4.14. The third kappa shape index (κ3) is 4.19. The highest BCUT2D eigenvalue weighted by Crippen LogP contribution is 2.38. The minimum Gasteiger partial charge on any atom is -0.330 e. The Kier molecular flexibility index (Phi) is 5.70. The van der Waals surface area contributed by atoms with E-state index in [1.165, 1.54) is 70.8 Å². The van der Waals surface area contributed by atoms with Crippen LogP contribution in [0, 0.1) is 11.3 Å². The largest absolute Gasteiger partial charge is 0.330 e. The molecule has 2 saturated carbocycles. The van der Waals surface area contributed by atoms with Crippen molar-refractivity contribution < 1.29 is 0 Å². The first-order valence-electron chi connectivity index (χ1n) is 8.55. The molecule has 0 heterocycles. The van der Waals surface area contributed by atoms with Gasteiger partial charge in [0, 0.05) is 6.04 Å². The van der Waals surface area contributed by atoms with Crippen LogP contribution < -0.4 is 5.73 Å². The summed E-state index contributed by atoms with van der Waals surface area (Å²) in [5.41, 5.74) is 6.58. The van der Waals surface area contributed by atoms with E-state index in [1.54, 1.807) is 0 Å². The monoisotopic (exact) mass is 266 g/mol. The summed E-state index contributed by atoms with van der Waals surface area (Å²) in [5.74, 6) is 0.957. The van der Waals surface area contributed by atoms with E-state index >= 15 is 0 Å². The van der Waals surface area contributed by atoms with Gasteiger partial charge in [-0.05, 0) is 76.4 Å². The summed E-state index contributed by atoms with van der Waals surface area (Å²) in [6.07, 6.45) is 14.0. The molecular formula is C17H34N2. The quantitative estimate of drug-likeness (QED) is 0.820. The Hall–Kier alpha value is -0.0800. The maximum atomic E-state index is 6.10. The van der Waals surface area contributed by atoms with Crippen molar-refractivity contribution in [1.82, 2.24) is 4.90 Å². The van der Waals surface area contributed by atoms with Crippen LogP contribution in [0.3, 0.4) is 0 Å². The topological polar surface area (TPSA) is 29.3 Å². The molecule has 112 valence electrons. The SMILES string of the molecule is CC1CCC(N(C)CCC2(CN)CCCCC2)CC1. The number of hydrogen-bond acceptors (Lipinski definition) is 2. The molecule has 0 atom stereocenters. The molecule has 2 aliphatic carbocycles. The van der Waals surface area contributed by atoms with Crippen molar-refractivity contribution in [3.8, 4) is 0 Å². The number of nitrogens with two attached hydrogens (primary N) is 1. The second kappa shape index (κ2) is 7.08. The summed E-state index contributed by atoms with van der Waals surface area (Å²) in [4.78, 5) is 2.64. The lowest BCUT2D eigenvalue weighted by Crippen LogP contribution is -2.40. The molecule has 19 heavy (non-hydrogen) atoms. The predicted octanol–water partition coefficient (Wildman–Crippen LogP) is 3.80. The maximum absolute atomic E-state index is 6.10. The van der Waals surface area contributed by atoms with E-state index in [1.807, 2.05) is 0 Å². The molecule has 0 aliphatic heterocycles. The minimum atomic E-state index is 0.481. The molecule has 2 aliphatic rings. The van der Waals surface area contributed by atoms with Crippen LogP contribution in [-0.4, -0.2) is 31.1 Å². The maximum Gasteiger partial charge on any atom is 0.00924 e. The van der Waals surface area contributed by atoms with Crippen molar-refractivity contribution in [1.29, 1.82) is 0 Å². The Bertz CT molecular complexity index is 250. The van der Waals surface area contributed by atoms with E-state index in [9.17, 15) is 0 Å². The van der Waals surface area contributed by atoms with Crippen LogP contribution in [-0.2, 0) is 0 Å². The molecule has 0 unspecified atom stereocenters. The van der Waals surface area contributed by atoms with Gasteiger partial charge in [-0.1, -0.05) is 26.2 Å². The summed E-state index contributed by atoms with van der Waals surface area (Å²) in [5, 5.41) is 0. The van der Waals surface area contributed by atoms with Crippen molar-refractivity contribution in [2.45, 2.75) is 77.2 Å². The lowest BCUT2D eigenvalue weighted by molar-refractivity contribution is 0.118. The summed E-state index contributed by atoms with van der Waals surface area (Å²) in [6, 6.07) is 0.842. The van der Waals surface area contributed by atoms with Crippen LogP contribution >= 0.6 is 0 Å². The molecule has 0 aromatic carbocycles. The summed E-state index contributed by atoms with van der Waals surface area (Å²) >= 11 is 0. The molecule has 0 aromatic heterocycles. The van der Waals surface area contributed by atoms with Gasteiger partial charge in [0.1, 0.15) is 0 Å². The number of rotatable bonds is 5. The van der Waals surface area contributed by atoms with E-state index in [0.29, 0.717) is 5.41 Å². The highest BCUT2D eigenvalue weighted by atomic mass is 15.1. The van der Waals surface area contributed by atoms with Gasteiger partial charge in [-0.25, -0.2) is 0 Å². The van der Waals surface area contributed by atoms with Crippen molar-refractivity contribution >= 4 is 0 Å². The first kappa shape index (κ1) is 15.3. The molecule has 2 fully saturated rings. The first-order chi connectivity index (χ1) is 9.15. The van der Waals surface area contributed by atoms with E-state index in [2.05, 4.69) is 18.9 Å². The van der Waals surface area contributed by atoms with E-state index in [0.717, 1.165) is 18.5 Å². The number of hydrogen-bond donors (Lipinski definition) is 1. The molecule has 0 spiro atoms. The van der Waals surface area contributed by atoms with E-state index in [4.69, 9.17) is 5.73 Å². The average Bonchev–Trinajstić information content (AvgIpc) is 2.46. The van der Waals surface area contributed by atoms with Crippen LogP contribution in [0.15, 0.2) is 0 Å². The molecule has 2 heteroatoms. The van der Waals surface area contributed by atoms with Gasteiger partial charge in [0.05, 0.1) is 0 Å². The second-order valence-electron chi connectivity index (χ2n) is 7.41. The molecule has 0 radical (unpaired) electrons. The van der Waals surface area contributed by atoms with Crippen LogP contribution in [0.25, 0.3) is 0 Å². The fraction of sp³-hybridized carbons (Fsp3) is 1.00. The Labute approximate surface area is 120 Å². The molecule has 0 amide bonds. The van der Waals surface area contributed by atoms with Crippen LogP contribution in [0.5, 0.6) is 0 Å². The average molecular weight is 266 g/mol. The Morgan fingerprint density at radius 2 is 1.68 bits per heavy atom. The Balaban J connectivity index is 1.77. The molecular weight excluding hydrogens is 232 g/mol. The minimum absolute atomic E-state index is 0.481. The van der Waals surface area contributed by atoms with Gasteiger partial charge < -0.3 is 10.6 Å². The third-order valence-corrected chi connectivity index (χ3v) is 5.95. The molecule has 0 aromatic rings. The van der Waals surface area contributed by atoms with Crippen molar-refractivity contribution in [3.63, 3.8) is 0 Å². The Morgan fingerprint density at radius 1 is 1.05 bits per heavy atom. The van der Waals surface area contributed by atoms with Crippen molar-refractivity contribution in [2.75, 3.05) is 20.1 Å². The smallest absolute Gasteiger partial charge is 0.00924 e. The van der Waals surface area contributed by atoms with Crippen LogP contribution in [0.4, 0.5) is 0 Å². The van der Waals surface area contributed by atoms with Gasteiger partial charge in [0.2, 0.25) is 0 Å². The van der Waals surface area contributed by atoms with Gasteiger partial charge in [-0.3, -0.25) is 0 Å². The van der Waals surface area contributed by atoms with Crippen molar-refractivity contribution in [3.05, 3.63) is 0 Å². The normalized spacial score (nSPS) is 31.6. The van der Waals surface area contributed by atoms with Gasteiger partial charge in [0.25, 0.3) is 0 Å². The van der Waals surface area contributed by atoms with Gasteiger partial charge in [-0.2, -0.15) is 0 Å². The summed E-state index contributed by atoms with van der Waals surface area (Å²) in [7, 11) is 2.34. The zero-order valence-corrected chi connectivity index (χ0v) is 13.2. The molecule has 2 N–H and O–H groups in total. The molecule has 0 bridgehead atoms. The highest BCUT2D eigenvalue weighted by molar-refractivity contribution is 4.85. The van der Waals surface area contributed by atoms with E-state index < -0.39 is 0 Å². The zero-order chi connectivity index (χ0) is 13.7. The fourth-order valence-electron chi connectivity index (χ4n) is 4.14. The van der Waals surface area contributed by atoms with Crippen LogP contribution in [0.1, 0.15) is 71.1 Å². The Morgan fingerprint density at radius 3 is 2.26 bits per heavy atom. The lowest BCUT2D eigenvalue weighted by Gasteiger charge is -2.40. The van der Waals surface area contributed by atoms with E-state index in [-0.39, 0.29) is 0 Å². The zero-order valence-electron chi connectivity index (χ0n) is 13.2. The molecule has 2 rings (SSSR count). The predicted molar refractivity (Wildman–Crippen MR) is 83.2 cm³/mol. The summed E-state index contributed by atoms with van der Waals surface area (Å²) in [6.45, 7) is 4.57. The standard InChI is InChI=1S/C17H34N2/c1-15-6-8-16(9-7-15)19(2)13-12-17(14-18)10-4-3-5-11-17/h15-16H,3-14,18H2,1-2H3. The second-order valence-corrected chi connectivity index (χ2v) is 7.41. The first-order valence-corrected chi connectivity index (χ1v) is 8.55. The highest BCUT2D eigenvalue weighted by Gasteiger charge is 2.31. The molecule has 0 saturated heterocycles. The summed E-state index contributed by atoms with van der Waals surface area (Å²) < 4.78 is 0. The van der Waals surface area contributed by atoms with Gasteiger partial charge >= 0.3 is 0 Å². The van der Waals surface area contributed by atoms with Gasteiger partial charge in [-0.15, -0.1) is 0 Å². The number of nitrogens with zero attached hydrogens (tertiary/aromatic N) is 1. The van der Waals surface area contributed by atoms with Crippen molar-refractivity contribution in [2.24, 2.45) is 17.1 Å². The lowest BCUT2D eigenvalue weighted by atomic mass is 9.71. The van der Waals surface area contributed by atoms with Crippen LogP contribution in [0.2, 0.25) is 0 Å². The van der Waals surface area contributed by atoms with Gasteiger partial charge in [0.15, 0.2) is 0 Å². The molecule has 2 nitrogen and oxygen atoms in total.